The lowest BCUT2D eigenvalue weighted by Crippen LogP contribution is -2.46. The highest BCUT2D eigenvalue weighted by Gasteiger charge is 2.37. The molecule has 0 bridgehead atoms. The van der Waals surface area contributed by atoms with Crippen LogP contribution < -0.4 is 5.32 Å². The molecule has 0 spiro atoms. The van der Waals surface area contributed by atoms with Gasteiger partial charge in [-0.3, -0.25) is 5.32 Å². The molecule has 0 amide bonds. The summed E-state index contributed by atoms with van der Waals surface area (Å²) in [6.45, 7) is 0.850. The molecule has 0 aromatic carbocycles. The van der Waals surface area contributed by atoms with Gasteiger partial charge in [0.2, 0.25) is 0 Å². The van der Waals surface area contributed by atoms with Gasteiger partial charge in [0, 0.05) is 18.1 Å². The van der Waals surface area contributed by atoms with Crippen molar-refractivity contribution in [3.63, 3.8) is 0 Å². The van der Waals surface area contributed by atoms with Gasteiger partial charge in [0.05, 0.1) is 18.7 Å². The lowest BCUT2D eigenvalue weighted by Gasteiger charge is -2.35. The van der Waals surface area contributed by atoms with Crippen LogP contribution in [-0.4, -0.2) is 23.6 Å². The van der Waals surface area contributed by atoms with Crippen molar-refractivity contribution < 1.29 is 4.74 Å². The quantitative estimate of drug-likeness (QED) is 0.742. The van der Waals surface area contributed by atoms with Gasteiger partial charge in [0.25, 0.3) is 0 Å². The third-order valence-electron chi connectivity index (χ3n) is 4.83. The van der Waals surface area contributed by atoms with E-state index < -0.39 is 0 Å². The molecule has 0 aromatic rings. The smallest absolute Gasteiger partial charge is 0.113 e. The van der Waals surface area contributed by atoms with Gasteiger partial charge in [-0.25, -0.2) is 0 Å². The molecule has 0 saturated carbocycles. The van der Waals surface area contributed by atoms with E-state index in [1.807, 2.05) is 0 Å². The molecule has 1 aliphatic carbocycles. The molecule has 2 atom stereocenters. The number of ether oxygens (including phenoxy) is 1. The summed E-state index contributed by atoms with van der Waals surface area (Å²) in [5.41, 5.74) is 5.15. The van der Waals surface area contributed by atoms with E-state index in [1.54, 1.807) is 0 Å². The van der Waals surface area contributed by atoms with Crippen molar-refractivity contribution in [3.05, 3.63) is 83.1 Å². The summed E-state index contributed by atoms with van der Waals surface area (Å²) in [7, 11) is 0. The van der Waals surface area contributed by atoms with Crippen molar-refractivity contribution in [3.8, 4) is 0 Å². The van der Waals surface area contributed by atoms with Crippen molar-refractivity contribution in [1.82, 2.24) is 10.2 Å². The minimum Gasteiger partial charge on any atom is -0.496 e. The third-order valence-corrected chi connectivity index (χ3v) is 4.83. The minimum absolute atomic E-state index is 0.283. The highest BCUT2D eigenvalue weighted by molar-refractivity contribution is 5.59. The number of nitrogens with zero attached hydrogens (tertiary/aromatic N) is 1. The summed E-state index contributed by atoms with van der Waals surface area (Å²) in [5.74, 6) is 1.11. The van der Waals surface area contributed by atoms with Gasteiger partial charge >= 0.3 is 0 Å². The monoisotopic (exact) mass is 290 g/mol. The van der Waals surface area contributed by atoms with E-state index in [0.29, 0.717) is 6.04 Å². The van der Waals surface area contributed by atoms with E-state index in [-0.39, 0.29) is 6.04 Å². The molecule has 1 fully saturated rings. The van der Waals surface area contributed by atoms with E-state index in [4.69, 9.17) is 4.74 Å². The molecule has 1 saturated heterocycles. The first-order valence-corrected chi connectivity index (χ1v) is 7.98. The molecule has 5 rings (SSSR count). The molecule has 22 heavy (non-hydrogen) atoms. The first-order chi connectivity index (χ1) is 10.9. The van der Waals surface area contributed by atoms with Crippen LogP contribution in [0.3, 0.4) is 0 Å². The highest BCUT2D eigenvalue weighted by atomic mass is 16.5. The van der Waals surface area contributed by atoms with Gasteiger partial charge in [-0.1, -0.05) is 30.4 Å². The lowest BCUT2D eigenvalue weighted by atomic mass is 9.93. The van der Waals surface area contributed by atoms with Crippen LogP contribution in [0.2, 0.25) is 0 Å². The normalized spacial score (nSPS) is 31.3. The molecule has 1 N–H and O–H groups in total. The van der Waals surface area contributed by atoms with Crippen molar-refractivity contribution in [2.75, 3.05) is 6.61 Å². The average Bonchev–Trinajstić information content (AvgIpc) is 2.72. The van der Waals surface area contributed by atoms with Gasteiger partial charge in [0.15, 0.2) is 0 Å². The van der Waals surface area contributed by atoms with Crippen LogP contribution >= 0.6 is 0 Å². The molecule has 110 valence electrons. The van der Waals surface area contributed by atoms with Crippen LogP contribution in [0.25, 0.3) is 0 Å². The summed E-state index contributed by atoms with van der Waals surface area (Å²) in [5, 5.41) is 3.76. The summed E-state index contributed by atoms with van der Waals surface area (Å²) < 4.78 is 5.83. The molecular weight excluding hydrogens is 272 g/mol. The molecular formula is C19H18N2O. The molecule has 0 aromatic heterocycles. The van der Waals surface area contributed by atoms with E-state index in [0.717, 1.165) is 25.2 Å². The SMILES string of the molecule is C1=CC=C2C=C3C4NC5CCCOC5=CC4=CN3C=C2C=C1. The fourth-order valence-electron chi connectivity index (χ4n) is 3.73. The highest BCUT2D eigenvalue weighted by Crippen LogP contribution is 2.38. The van der Waals surface area contributed by atoms with Gasteiger partial charge < -0.3 is 9.64 Å². The van der Waals surface area contributed by atoms with E-state index in [2.05, 4.69) is 65.1 Å². The van der Waals surface area contributed by atoms with E-state index in [1.165, 1.54) is 22.4 Å². The van der Waals surface area contributed by atoms with Gasteiger partial charge in [-0.05, 0) is 41.7 Å². The van der Waals surface area contributed by atoms with Crippen molar-refractivity contribution in [1.29, 1.82) is 0 Å². The standard InChI is InChI=1S/C19H18N2O/c1-2-5-13-9-17-19-15(12-21(17)11-14(13)6-3-1)10-18-16(20-19)7-4-8-22-18/h1-3,5-6,9-12,16,19-20H,4,7-8H2. The van der Waals surface area contributed by atoms with Crippen molar-refractivity contribution in [2.45, 2.75) is 24.9 Å². The van der Waals surface area contributed by atoms with Crippen LogP contribution in [0.4, 0.5) is 0 Å². The predicted molar refractivity (Wildman–Crippen MR) is 86.4 cm³/mol. The summed E-state index contributed by atoms with van der Waals surface area (Å²) in [4.78, 5) is 2.25. The topological polar surface area (TPSA) is 24.5 Å². The zero-order valence-corrected chi connectivity index (χ0v) is 12.3. The fraction of sp³-hybridized carbons (Fsp3) is 0.263. The zero-order chi connectivity index (χ0) is 14.5. The Morgan fingerprint density at radius 3 is 3.09 bits per heavy atom. The summed E-state index contributed by atoms with van der Waals surface area (Å²) >= 11 is 0. The Kier molecular flexibility index (Phi) is 2.58. The Morgan fingerprint density at radius 2 is 2.09 bits per heavy atom. The molecule has 3 heteroatoms. The van der Waals surface area contributed by atoms with Crippen molar-refractivity contribution >= 4 is 0 Å². The van der Waals surface area contributed by atoms with Crippen molar-refractivity contribution in [2.24, 2.45) is 0 Å². The maximum absolute atomic E-state index is 5.83. The number of rotatable bonds is 0. The first kappa shape index (κ1) is 12.3. The Bertz CT molecular complexity index is 745. The number of nitrogens with one attached hydrogen (secondary N) is 1. The summed E-state index contributed by atoms with van der Waals surface area (Å²) in [6.07, 6.45) is 21.9. The molecule has 4 aliphatic heterocycles. The number of fused-ring (bicyclic) bond motifs is 5. The first-order valence-electron chi connectivity index (χ1n) is 7.98. The Labute approximate surface area is 130 Å². The number of allylic oxidation sites excluding steroid dienone is 8. The molecule has 4 heterocycles. The third kappa shape index (κ3) is 1.79. The number of hydrogen-bond acceptors (Lipinski definition) is 3. The van der Waals surface area contributed by atoms with Crippen LogP contribution in [0.5, 0.6) is 0 Å². The summed E-state index contributed by atoms with van der Waals surface area (Å²) in [6, 6.07) is 0.649. The Hall–Kier alpha value is -2.26. The second kappa shape index (κ2) is 4.62. The molecule has 3 nitrogen and oxygen atoms in total. The average molecular weight is 290 g/mol. The van der Waals surface area contributed by atoms with E-state index in [9.17, 15) is 0 Å². The second-order valence-corrected chi connectivity index (χ2v) is 6.25. The van der Waals surface area contributed by atoms with Crippen LogP contribution in [0.1, 0.15) is 12.8 Å². The molecule has 0 radical (unpaired) electrons. The Morgan fingerprint density at radius 1 is 1.09 bits per heavy atom. The van der Waals surface area contributed by atoms with Crippen LogP contribution in [0, 0.1) is 0 Å². The Balaban J connectivity index is 1.56. The van der Waals surface area contributed by atoms with Crippen LogP contribution in [-0.2, 0) is 4.74 Å². The fourth-order valence-corrected chi connectivity index (χ4v) is 3.73. The predicted octanol–water partition coefficient (Wildman–Crippen LogP) is 3.05. The van der Waals surface area contributed by atoms with E-state index >= 15 is 0 Å². The maximum Gasteiger partial charge on any atom is 0.113 e. The second-order valence-electron chi connectivity index (χ2n) is 6.25. The van der Waals surface area contributed by atoms with Gasteiger partial charge in [-0.15, -0.1) is 0 Å². The largest absolute Gasteiger partial charge is 0.496 e. The van der Waals surface area contributed by atoms with Gasteiger partial charge in [0.1, 0.15) is 5.76 Å². The molecule has 2 unspecified atom stereocenters. The number of hydrogen-bond donors (Lipinski definition) is 1. The van der Waals surface area contributed by atoms with Gasteiger partial charge in [-0.2, -0.15) is 0 Å². The lowest BCUT2D eigenvalue weighted by molar-refractivity contribution is 0.134. The minimum atomic E-state index is 0.283. The maximum atomic E-state index is 5.83. The zero-order valence-electron chi connectivity index (χ0n) is 12.3. The van der Waals surface area contributed by atoms with Crippen LogP contribution in [0.15, 0.2) is 83.1 Å². The molecule has 5 aliphatic rings.